The zero-order valence-corrected chi connectivity index (χ0v) is 10.6. The Balaban J connectivity index is 2.40. The summed E-state index contributed by atoms with van der Waals surface area (Å²) in [4.78, 5) is 10.7. The second-order valence-corrected chi connectivity index (χ2v) is 4.46. The van der Waals surface area contributed by atoms with E-state index < -0.39 is 5.97 Å². The fourth-order valence-electron chi connectivity index (χ4n) is 2.10. The van der Waals surface area contributed by atoms with Crippen LogP contribution in [0.3, 0.4) is 0 Å². The third kappa shape index (κ3) is 2.83. The van der Waals surface area contributed by atoms with Crippen LogP contribution in [-0.2, 0) is 4.79 Å². The molecule has 2 aromatic rings. The molecule has 0 aromatic heterocycles. The van der Waals surface area contributed by atoms with Crippen molar-refractivity contribution in [3.8, 4) is 6.07 Å². The number of hydrogen-bond acceptors (Lipinski definition) is 3. The van der Waals surface area contributed by atoms with Crippen molar-refractivity contribution in [1.29, 1.82) is 5.26 Å². The molecular formula is C15H14N2O2. The van der Waals surface area contributed by atoms with E-state index >= 15 is 0 Å². The maximum atomic E-state index is 10.7. The van der Waals surface area contributed by atoms with Crippen molar-refractivity contribution in [1.82, 2.24) is 0 Å². The molecule has 0 bridgehead atoms. The molecular weight excluding hydrogens is 240 g/mol. The average molecular weight is 254 g/mol. The standard InChI is InChI=1S/C15H14N2O2/c1-10(8-15(18)19)17-14-7-6-11(9-16)12-4-2-3-5-13(12)14/h2-7,10,17H,8H2,1H3,(H,18,19). The van der Waals surface area contributed by atoms with Gasteiger partial charge < -0.3 is 10.4 Å². The number of nitrogens with zero attached hydrogens (tertiary/aromatic N) is 1. The number of carbonyl (C=O) groups is 1. The summed E-state index contributed by atoms with van der Waals surface area (Å²) in [5.74, 6) is -0.835. The molecule has 0 aliphatic rings. The third-order valence-electron chi connectivity index (χ3n) is 2.93. The number of aliphatic carboxylic acids is 1. The number of nitriles is 1. The van der Waals surface area contributed by atoms with Crippen LogP contribution < -0.4 is 5.32 Å². The molecule has 96 valence electrons. The van der Waals surface area contributed by atoms with Gasteiger partial charge in [0.1, 0.15) is 0 Å². The minimum absolute atomic E-state index is 0.0499. The fourth-order valence-corrected chi connectivity index (χ4v) is 2.10. The Bertz CT molecular complexity index is 659. The fraction of sp³-hybridized carbons (Fsp3) is 0.200. The average Bonchev–Trinajstić information content (AvgIpc) is 2.38. The monoisotopic (exact) mass is 254 g/mol. The van der Waals surface area contributed by atoms with E-state index in [0.717, 1.165) is 16.5 Å². The Morgan fingerprint density at radius 3 is 2.63 bits per heavy atom. The van der Waals surface area contributed by atoms with E-state index in [2.05, 4.69) is 11.4 Å². The largest absolute Gasteiger partial charge is 0.481 e. The van der Waals surface area contributed by atoms with Crippen LogP contribution in [0.2, 0.25) is 0 Å². The molecule has 0 heterocycles. The molecule has 0 spiro atoms. The zero-order chi connectivity index (χ0) is 13.8. The predicted molar refractivity (Wildman–Crippen MR) is 74.0 cm³/mol. The first-order valence-corrected chi connectivity index (χ1v) is 6.02. The molecule has 0 saturated heterocycles. The van der Waals surface area contributed by atoms with E-state index in [0.29, 0.717) is 5.56 Å². The number of hydrogen-bond donors (Lipinski definition) is 2. The maximum absolute atomic E-state index is 10.7. The molecule has 0 aliphatic heterocycles. The molecule has 2 rings (SSSR count). The number of nitrogens with one attached hydrogen (secondary N) is 1. The van der Waals surface area contributed by atoms with Crippen LogP contribution in [0, 0.1) is 11.3 Å². The molecule has 1 atom stereocenters. The topological polar surface area (TPSA) is 73.1 Å². The molecule has 0 amide bonds. The molecule has 19 heavy (non-hydrogen) atoms. The highest BCUT2D eigenvalue weighted by Crippen LogP contribution is 2.27. The summed E-state index contributed by atoms with van der Waals surface area (Å²) in [5, 5.41) is 22.8. The second-order valence-electron chi connectivity index (χ2n) is 4.46. The predicted octanol–water partition coefficient (Wildman–Crippen LogP) is 2.99. The third-order valence-corrected chi connectivity index (χ3v) is 2.93. The van der Waals surface area contributed by atoms with Crippen LogP contribution in [0.1, 0.15) is 18.9 Å². The van der Waals surface area contributed by atoms with Crippen molar-refractivity contribution in [2.45, 2.75) is 19.4 Å². The van der Waals surface area contributed by atoms with Crippen molar-refractivity contribution >= 4 is 22.4 Å². The van der Waals surface area contributed by atoms with Crippen molar-refractivity contribution in [2.24, 2.45) is 0 Å². The lowest BCUT2D eigenvalue weighted by Crippen LogP contribution is -2.19. The van der Waals surface area contributed by atoms with Crippen molar-refractivity contribution in [3.63, 3.8) is 0 Å². The van der Waals surface area contributed by atoms with Crippen molar-refractivity contribution < 1.29 is 9.90 Å². The van der Waals surface area contributed by atoms with Crippen LogP contribution in [-0.4, -0.2) is 17.1 Å². The number of carboxylic acids is 1. The van der Waals surface area contributed by atoms with Gasteiger partial charge in [-0.3, -0.25) is 4.79 Å². The molecule has 4 heteroatoms. The van der Waals surface area contributed by atoms with Crippen LogP contribution in [0.4, 0.5) is 5.69 Å². The quantitative estimate of drug-likeness (QED) is 0.879. The van der Waals surface area contributed by atoms with Gasteiger partial charge in [0, 0.05) is 22.5 Å². The van der Waals surface area contributed by atoms with Gasteiger partial charge in [0.25, 0.3) is 0 Å². The van der Waals surface area contributed by atoms with Gasteiger partial charge >= 0.3 is 5.97 Å². The molecule has 0 saturated carbocycles. The smallest absolute Gasteiger partial charge is 0.305 e. The summed E-state index contributed by atoms with van der Waals surface area (Å²) in [6.07, 6.45) is 0.0499. The van der Waals surface area contributed by atoms with Gasteiger partial charge in [0.2, 0.25) is 0 Å². The second kappa shape index (κ2) is 5.40. The summed E-state index contributed by atoms with van der Waals surface area (Å²) in [6, 6.07) is 13.1. The molecule has 0 fully saturated rings. The molecule has 2 aromatic carbocycles. The van der Waals surface area contributed by atoms with Crippen molar-refractivity contribution in [3.05, 3.63) is 42.0 Å². The summed E-state index contributed by atoms with van der Waals surface area (Å²) in [5.41, 5.74) is 1.47. The molecule has 2 N–H and O–H groups in total. The summed E-state index contributed by atoms with van der Waals surface area (Å²) in [6.45, 7) is 1.82. The Kier molecular flexibility index (Phi) is 3.67. The molecule has 1 unspecified atom stereocenters. The van der Waals surface area contributed by atoms with Gasteiger partial charge in [-0.2, -0.15) is 5.26 Å². The lowest BCUT2D eigenvalue weighted by molar-refractivity contribution is -0.137. The van der Waals surface area contributed by atoms with Gasteiger partial charge in [-0.15, -0.1) is 0 Å². The van der Waals surface area contributed by atoms with Gasteiger partial charge in [-0.05, 0) is 19.1 Å². The van der Waals surface area contributed by atoms with Crippen LogP contribution >= 0.6 is 0 Å². The minimum atomic E-state index is -0.835. The summed E-state index contributed by atoms with van der Waals surface area (Å²) in [7, 11) is 0. The molecule has 0 radical (unpaired) electrons. The van der Waals surface area contributed by atoms with Crippen LogP contribution in [0.25, 0.3) is 10.8 Å². The highest BCUT2D eigenvalue weighted by Gasteiger charge is 2.10. The SMILES string of the molecule is CC(CC(=O)O)Nc1ccc(C#N)c2ccccc12. The Morgan fingerprint density at radius 1 is 1.32 bits per heavy atom. The van der Waals surface area contributed by atoms with Crippen LogP contribution in [0.15, 0.2) is 36.4 Å². The number of carboxylic acid groups (broad SMARTS) is 1. The Morgan fingerprint density at radius 2 is 2.00 bits per heavy atom. The summed E-state index contributed by atoms with van der Waals surface area (Å²) >= 11 is 0. The number of anilines is 1. The first-order valence-electron chi connectivity index (χ1n) is 6.02. The molecule has 4 nitrogen and oxygen atoms in total. The van der Waals surface area contributed by atoms with E-state index in [-0.39, 0.29) is 12.5 Å². The highest BCUT2D eigenvalue weighted by atomic mass is 16.4. The lowest BCUT2D eigenvalue weighted by atomic mass is 10.0. The van der Waals surface area contributed by atoms with E-state index in [9.17, 15) is 4.79 Å². The van der Waals surface area contributed by atoms with Crippen LogP contribution in [0.5, 0.6) is 0 Å². The maximum Gasteiger partial charge on any atom is 0.305 e. The highest BCUT2D eigenvalue weighted by molar-refractivity contribution is 5.97. The van der Waals surface area contributed by atoms with Gasteiger partial charge in [0.05, 0.1) is 18.1 Å². The van der Waals surface area contributed by atoms with Gasteiger partial charge in [-0.1, -0.05) is 24.3 Å². The number of fused-ring (bicyclic) bond motifs is 1. The van der Waals surface area contributed by atoms with Crippen molar-refractivity contribution in [2.75, 3.05) is 5.32 Å². The lowest BCUT2D eigenvalue weighted by Gasteiger charge is -2.15. The van der Waals surface area contributed by atoms with E-state index in [1.807, 2.05) is 37.3 Å². The molecule has 0 aliphatic carbocycles. The number of benzene rings is 2. The first-order chi connectivity index (χ1) is 9.11. The van der Waals surface area contributed by atoms with E-state index in [4.69, 9.17) is 10.4 Å². The van der Waals surface area contributed by atoms with Gasteiger partial charge in [-0.25, -0.2) is 0 Å². The first kappa shape index (κ1) is 12.9. The normalized spacial score (nSPS) is 11.8. The zero-order valence-electron chi connectivity index (χ0n) is 10.6. The van der Waals surface area contributed by atoms with E-state index in [1.54, 1.807) is 6.07 Å². The minimum Gasteiger partial charge on any atom is -0.481 e. The Hall–Kier alpha value is -2.54. The Labute approximate surface area is 111 Å². The summed E-state index contributed by atoms with van der Waals surface area (Å²) < 4.78 is 0. The van der Waals surface area contributed by atoms with Gasteiger partial charge in [0.15, 0.2) is 0 Å². The number of rotatable bonds is 4. The van der Waals surface area contributed by atoms with E-state index in [1.165, 1.54) is 0 Å².